The van der Waals surface area contributed by atoms with Crippen LogP contribution in [0.5, 0.6) is 0 Å². The van der Waals surface area contributed by atoms with Crippen molar-refractivity contribution >= 4 is 5.91 Å². The first-order chi connectivity index (χ1) is 4.84. The van der Waals surface area contributed by atoms with Gasteiger partial charge in [0.15, 0.2) is 0 Å². The Morgan fingerprint density at radius 3 is 3.10 bits per heavy atom. The van der Waals surface area contributed by atoms with E-state index in [1.165, 1.54) is 0 Å². The maximum Gasteiger partial charge on any atom is 0.224 e. The lowest BCUT2D eigenvalue weighted by atomic mass is 10.1. The van der Waals surface area contributed by atoms with Crippen LogP contribution in [0.15, 0.2) is 0 Å². The summed E-state index contributed by atoms with van der Waals surface area (Å²) in [6.45, 7) is 4.55. The quantitative estimate of drug-likeness (QED) is 0.529. The third-order valence-corrected chi connectivity index (χ3v) is 1.86. The van der Waals surface area contributed by atoms with Gasteiger partial charge in [-0.3, -0.25) is 4.79 Å². The first-order valence-corrected chi connectivity index (χ1v) is 3.83. The summed E-state index contributed by atoms with van der Waals surface area (Å²) in [6, 6.07) is 0. The SMILES string of the molecule is CCC1CNCCNC1=O. The van der Waals surface area contributed by atoms with E-state index in [9.17, 15) is 4.79 Å². The molecule has 0 aliphatic carbocycles. The van der Waals surface area contributed by atoms with E-state index in [1.807, 2.05) is 6.92 Å². The summed E-state index contributed by atoms with van der Waals surface area (Å²) >= 11 is 0. The van der Waals surface area contributed by atoms with E-state index >= 15 is 0 Å². The standard InChI is InChI=1S/C7H14N2O/c1-2-6-5-8-3-4-9-7(6)10/h6,8H,2-5H2,1H3,(H,9,10). The largest absolute Gasteiger partial charge is 0.355 e. The lowest BCUT2D eigenvalue weighted by molar-refractivity contribution is -0.124. The number of hydrogen-bond acceptors (Lipinski definition) is 2. The highest BCUT2D eigenvalue weighted by Crippen LogP contribution is 2.01. The topological polar surface area (TPSA) is 41.1 Å². The second kappa shape index (κ2) is 3.56. The molecule has 3 nitrogen and oxygen atoms in total. The summed E-state index contributed by atoms with van der Waals surface area (Å²) in [5.74, 6) is 0.384. The Balaban J connectivity index is 2.43. The fourth-order valence-corrected chi connectivity index (χ4v) is 1.12. The monoisotopic (exact) mass is 142 g/mol. The minimum absolute atomic E-state index is 0.183. The number of carbonyl (C=O) groups is 1. The molecule has 2 N–H and O–H groups in total. The van der Waals surface area contributed by atoms with Gasteiger partial charge in [0.25, 0.3) is 0 Å². The molecular weight excluding hydrogens is 128 g/mol. The Bertz CT molecular complexity index is 125. The number of amides is 1. The average Bonchev–Trinajstić information content (AvgIpc) is 2.13. The summed E-state index contributed by atoms with van der Waals surface area (Å²) in [4.78, 5) is 11.1. The van der Waals surface area contributed by atoms with Gasteiger partial charge < -0.3 is 10.6 Å². The Kier molecular flexibility index (Phi) is 2.68. The maximum absolute atomic E-state index is 11.1. The van der Waals surface area contributed by atoms with Crippen LogP contribution in [0.4, 0.5) is 0 Å². The third kappa shape index (κ3) is 1.70. The first-order valence-electron chi connectivity index (χ1n) is 3.83. The molecule has 1 saturated heterocycles. The molecule has 0 aromatic heterocycles. The van der Waals surface area contributed by atoms with Crippen molar-refractivity contribution < 1.29 is 4.79 Å². The molecule has 1 atom stereocenters. The van der Waals surface area contributed by atoms with E-state index in [0.717, 1.165) is 26.1 Å². The lowest BCUT2D eigenvalue weighted by Crippen LogP contribution is -2.30. The van der Waals surface area contributed by atoms with Crippen molar-refractivity contribution in [2.45, 2.75) is 13.3 Å². The zero-order valence-electron chi connectivity index (χ0n) is 6.31. The van der Waals surface area contributed by atoms with Gasteiger partial charge in [0.1, 0.15) is 0 Å². The van der Waals surface area contributed by atoms with Crippen LogP contribution in [0.3, 0.4) is 0 Å². The maximum atomic E-state index is 11.1. The Labute approximate surface area is 61.2 Å². The van der Waals surface area contributed by atoms with E-state index in [4.69, 9.17) is 0 Å². The predicted octanol–water partition coefficient (Wildman–Crippen LogP) is -0.268. The molecule has 1 aliphatic heterocycles. The fourth-order valence-electron chi connectivity index (χ4n) is 1.12. The number of carbonyl (C=O) groups excluding carboxylic acids is 1. The van der Waals surface area contributed by atoms with Crippen LogP contribution in [0, 0.1) is 5.92 Å². The molecule has 1 rings (SSSR count). The molecule has 0 spiro atoms. The minimum atomic E-state index is 0.183. The third-order valence-electron chi connectivity index (χ3n) is 1.86. The molecule has 0 saturated carbocycles. The zero-order valence-corrected chi connectivity index (χ0v) is 6.31. The van der Waals surface area contributed by atoms with Gasteiger partial charge in [-0.1, -0.05) is 6.92 Å². The van der Waals surface area contributed by atoms with Gasteiger partial charge in [-0.05, 0) is 6.42 Å². The zero-order chi connectivity index (χ0) is 7.40. The predicted molar refractivity (Wildman–Crippen MR) is 39.7 cm³/mol. The van der Waals surface area contributed by atoms with Crippen LogP contribution in [-0.4, -0.2) is 25.5 Å². The number of rotatable bonds is 1. The molecule has 58 valence electrons. The molecular formula is C7H14N2O. The van der Waals surface area contributed by atoms with Crippen LogP contribution in [0.1, 0.15) is 13.3 Å². The highest BCUT2D eigenvalue weighted by atomic mass is 16.1. The molecule has 1 unspecified atom stereocenters. The number of nitrogens with one attached hydrogen (secondary N) is 2. The Morgan fingerprint density at radius 1 is 1.60 bits per heavy atom. The van der Waals surface area contributed by atoms with Crippen LogP contribution in [0.2, 0.25) is 0 Å². The number of hydrogen-bond donors (Lipinski definition) is 2. The van der Waals surface area contributed by atoms with Crippen molar-refractivity contribution in [3.8, 4) is 0 Å². The van der Waals surface area contributed by atoms with Gasteiger partial charge in [0.2, 0.25) is 5.91 Å². The smallest absolute Gasteiger partial charge is 0.224 e. The van der Waals surface area contributed by atoms with E-state index in [0.29, 0.717) is 0 Å². The highest BCUT2D eigenvalue weighted by molar-refractivity contribution is 5.79. The molecule has 0 aromatic carbocycles. The molecule has 0 bridgehead atoms. The van der Waals surface area contributed by atoms with E-state index in [-0.39, 0.29) is 11.8 Å². The molecule has 3 heteroatoms. The van der Waals surface area contributed by atoms with Crippen LogP contribution in [0.25, 0.3) is 0 Å². The second-order valence-electron chi connectivity index (χ2n) is 2.60. The second-order valence-corrected chi connectivity index (χ2v) is 2.60. The van der Waals surface area contributed by atoms with Gasteiger partial charge in [-0.15, -0.1) is 0 Å². The highest BCUT2D eigenvalue weighted by Gasteiger charge is 2.17. The summed E-state index contributed by atoms with van der Waals surface area (Å²) in [5.41, 5.74) is 0. The van der Waals surface area contributed by atoms with E-state index in [1.54, 1.807) is 0 Å². The first kappa shape index (κ1) is 7.54. The molecule has 1 heterocycles. The molecule has 10 heavy (non-hydrogen) atoms. The fraction of sp³-hybridized carbons (Fsp3) is 0.857. The lowest BCUT2D eigenvalue weighted by Gasteiger charge is -2.08. The van der Waals surface area contributed by atoms with Crippen molar-refractivity contribution in [1.82, 2.24) is 10.6 Å². The van der Waals surface area contributed by atoms with Crippen molar-refractivity contribution in [3.05, 3.63) is 0 Å². The van der Waals surface area contributed by atoms with Gasteiger partial charge in [-0.25, -0.2) is 0 Å². The van der Waals surface area contributed by atoms with Crippen molar-refractivity contribution in [2.75, 3.05) is 19.6 Å². The van der Waals surface area contributed by atoms with Gasteiger partial charge in [0, 0.05) is 19.6 Å². The van der Waals surface area contributed by atoms with Crippen LogP contribution >= 0.6 is 0 Å². The summed E-state index contributed by atoms with van der Waals surface area (Å²) in [7, 11) is 0. The minimum Gasteiger partial charge on any atom is -0.355 e. The van der Waals surface area contributed by atoms with Crippen molar-refractivity contribution in [1.29, 1.82) is 0 Å². The summed E-state index contributed by atoms with van der Waals surface area (Å²) in [6.07, 6.45) is 0.929. The van der Waals surface area contributed by atoms with E-state index in [2.05, 4.69) is 10.6 Å². The summed E-state index contributed by atoms with van der Waals surface area (Å²) in [5, 5.41) is 6.04. The average molecular weight is 142 g/mol. The molecule has 0 aromatic rings. The normalized spacial score (nSPS) is 27.3. The van der Waals surface area contributed by atoms with Crippen LogP contribution < -0.4 is 10.6 Å². The van der Waals surface area contributed by atoms with Gasteiger partial charge in [0.05, 0.1) is 5.92 Å². The Hall–Kier alpha value is -0.570. The van der Waals surface area contributed by atoms with Crippen molar-refractivity contribution in [2.24, 2.45) is 5.92 Å². The summed E-state index contributed by atoms with van der Waals surface area (Å²) < 4.78 is 0. The van der Waals surface area contributed by atoms with Crippen molar-refractivity contribution in [3.63, 3.8) is 0 Å². The van der Waals surface area contributed by atoms with Gasteiger partial charge in [-0.2, -0.15) is 0 Å². The van der Waals surface area contributed by atoms with E-state index < -0.39 is 0 Å². The van der Waals surface area contributed by atoms with Gasteiger partial charge >= 0.3 is 0 Å². The van der Waals surface area contributed by atoms with Crippen LogP contribution in [-0.2, 0) is 4.79 Å². The molecule has 0 radical (unpaired) electrons. The molecule has 1 fully saturated rings. The Morgan fingerprint density at radius 2 is 2.40 bits per heavy atom. The molecule has 1 aliphatic rings. The molecule has 1 amide bonds.